The molecular formula is C6HCl2F3N2O. The molecular weight excluding hydrogens is 244 g/mol. The number of carbonyl (C=O) groups is 1. The predicted molar refractivity (Wildman–Crippen MR) is 42.4 cm³/mol. The summed E-state index contributed by atoms with van der Waals surface area (Å²) in [5.41, 5.74) is -0.806. The summed E-state index contributed by atoms with van der Waals surface area (Å²) in [5, 5.41) is 5.28. The van der Waals surface area contributed by atoms with Gasteiger partial charge in [0.15, 0.2) is 10.3 Å². The Morgan fingerprint density at radius 3 is 2.36 bits per heavy atom. The molecule has 0 unspecified atom stereocenters. The van der Waals surface area contributed by atoms with Crippen LogP contribution in [0.2, 0.25) is 10.3 Å². The molecule has 14 heavy (non-hydrogen) atoms. The summed E-state index contributed by atoms with van der Waals surface area (Å²) in [5.74, 6) is -2.10. The Kier molecular flexibility index (Phi) is 2.96. The van der Waals surface area contributed by atoms with E-state index >= 15 is 0 Å². The third-order valence-corrected chi connectivity index (χ3v) is 1.69. The van der Waals surface area contributed by atoms with Crippen LogP contribution in [-0.2, 0) is 0 Å². The van der Waals surface area contributed by atoms with Gasteiger partial charge in [-0.3, -0.25) is 4.79 Å². The summed E-state index contributed by atoms with van der Waals surface area (Å²) in [7, 11) is 0. The summed E-state index contributed by atoms with van der Waals surface area (Å²) in [6, 6.07) is 0.715. The van der Waals surface area contributed by atoms with Gasteiger partial charge in [-0.25, -0.2) is 0 Å². The zero-order chi connectivity index (χ0) is 10.9. The number of hydrogen-bond donors (Lipinski definition) is 0. The molecule has 0 N–H and O–H groups in total. The fourth-order valence-electron chi connectivity index (χ4n) is 0.665. The van der Waals surface area contributed by atoms with E-state index in [0.717, 1.165) is 0 Å². The first-order valence-corrected chi connectivity index (χ1v) is 3.88. The topological polar surface area (TPSA) is 42.9 Å². The summed E-state index contributed by atoms with van der Waals surface area (Å²) >= 11 is 10.5. The number of halogens is 5. The van der Waals surface area contributed by atoms with Crippen molar-refractivity contribution in [2.75, 3.05) is 0 Å². The molecule has 0 radical (unpaired) electrons. The number of hydrogen-bond acceptors (Lipinski definition) is 3. The van der Waals surface area contributed by atoms with E-state index in [1.165, 1.54) is 0 Å². The molecule has 0 saturated carbocycles. The van der Waals surface area contributed by atoms with E-state index in [2.05, 4.69) is 10.2 Å². The van der Waals surface area contributed by atoms with Crippen molar-refractivity contribution in [1.29, 1.82) is 0 Å². The molecule has 1 aromatic rings. The summed E-state index contributed by atoms with van der Waals surface area (Å²) in [6.45, 7) is 0. The molecule has 1 aromatic heterocycles. The van der Waals surface area contributed by atoms with Crippen molar-refractivity contribution in [3.8, 4) is 0 Å². The quantitative estimate of drug-likeness (QED) is 0.714. The lowest BCUT2D eigenvalue weighted by Crippen LogP contribution is -2.23. The normalized spacial score (nSPS) is 11.5. The van der Waals surface area contributed by atoms with Gasteiger partial charge in [0.25, 0.3) is 5.78 Å². The van der Waals surface area contributed by atoms with E-state index in [9.17, 15) is 18.0 Å². The van der Waals surface area contributed by atoms with Gasteiger partial charge in [-0.05, 0) is 6.07 Å². The van der Waals surface area contributed by atoms with Gasteiger partial charge in [-0.2, -0.15) is 13.2 Å². The van der Waals surface area contributed by atoms with Crippen molar-refractivity contribution in [3.05, 3.63) is 21.9 Å². The zero-order valence-corrected chi connectivity index (χ0v) is 7.78. The minimum atomic E-state index is -5.00. The number of rotatable bonds is 1. The Morgan fingerprint density at radius 1 is 1.29 bits per heavy atom. The molecule has 8 heteroatoms. The minimum Gasteiger partial charge on any atom is -0.284 e. The summed E-state index contributed by atoms with van der Waals surface area (Å²) < 4.78 is 35.8. The molecule has 0 spiro atoms. The third-order valence-electron chi connectivity index (χ3n) is 1.22. The smallest absolute Gasteiger partial charge is 0.284 e. The van der Waals surface area contributed by atoms with E-state index in [1.807, 2.05) is 0 Å². The maximum atomic E-state index is 11.9. The van der Waals surface area contributed by atoms with Crippen LogP contribution in [0.25, 0.3) is 0 Å². The van der Waals surface area contributed by atoms with Gasteiger partial charge in [-0.1, -0.05) is 23.2 Å². The van der Waals surface area contributed by atoms with Crippen LogP contribution in [0.15, 0.2) is 6.07 Å². The number of Topliss-reactive ketones (excluding diaryl/α,β-unsaturated/α-hetero) is 1. The number of ketones is 1. The van der Waals surface area contributed by atoms with Crippen molar-refractivity contribution in [1.82, 2.24) is 10.2 Å². The lowest BCUT2D eigenvalue weighted by Gasteiger charge is -2.05. The lowest BCUT2D eigenvalue weighted by atomic mass is 10.2. The van der Waals surface area contributed by atoms with Gasteiger partial charge in [-0.15, -0.1) is 10.2 Å². The molecule has 0 amide bonds. The standard InChI is InChI=1S/C6HCl2F3N2O/c7-3-1-2(5(8)13-12-3)4(14)6(9,10)11/h1H. The molecule has 0 aliphatic rings. The van der Waals surface area contributed by atoms with E-state index < -0.39 is 22.7 Å². The van der Waals surface area contributed by atoms with Crippen molar-refractivity contribution in [2.45, 2.75) is 6.18 Å². The van der Waals surface area contributed by atoms with Crippen LogP contribution in [0, 0.1) is 0 Å². The molecule has 0 fully saturated rings. The lowest BCUT2D eigenvalue weighted by molar-refractivity contribution is -0.0885. The highest BCUT2D eigenvalue weighted by Gasteiger charge is 2.40. The van der Waals surface area contributed by atoms with E-state index in [1.54, 1.807) is 0 Å². The van der Waals surface area contributed by atoms with Gasteiger partial charge in [0.05, 0.1) is 5.56 Å². The first kappa shape index (κ1) is 11.2. The van der Waals surface area contributed by atoms with Crippen molar-refractivity contribution >= 4 is 29.0 Å². The minimum absolute atomic E-state index is 0.331. The molecule has 0 aliphatic carbocycles. The van der Waals surface area contributed by atoms with Crippen LogP contribution in [0.4, 0.5) is 13.2 Å². The first-order chi connectivity index (χ1) is 6.32. The van der Waals surface area contributed by atoms with E-state index in [4.69, 9.17) is 23.2 Å². The second-order valence-electron chi connectivity index (χ2n) is 2.20. The fraction of sp³-hybridized carbons (Fsp3) is 0.167. The second kappa shape index (κ2) is 3.70. The molecule has 0 saturated heterocycles. The van der Waals surface area contributed by atoms with Crippen LogP contribution in [0.5, 0.6) is 0 Å². The molecule has 0 atom stereocenters. The van der Waals surface area contributed by atoms with E-state index in [-0.39, 0.29) is 5.15 Å². The Bertz CT molecular complexity index is 380. The van der Waals surface area contributed by atoms with Gasteiger partial charge in [0.2, 0.25) is 0 Å². The summed E-state index contributed by atoms with van der Waals surface area (Å²) in [4.78, 5) is 10.7. The van der Waals surface area contributed by atoms with Crippen LogP contribution >= 0.6 is 23.2 Å². The Balaban J connectivity index is 3.19. The third kappa shape index (κ3) is 2.33. The number of alkyl halides is 3. The predicted octanol–water partition coefficient (Wildman–Crippen LogP) is 2.53. The molecule has 3 nitrogen and oxygen atoms in total. The fourth-order valence-corrected chi connectivity index (χ4v) is 0.990. The van der Waals surface area contributed by atoms with Gasteiger partial charge < -0.3 is 0 Å². The summed E-state index contributed by atoms with van der Waals surface area (Å²) in [6.07, 6.45) is -5.00. The average Bonchev–Trinajstić information content (AvgIpc) is 2.06. The highest BCUT2D eigenvalue weighted by Crippen LogP contribution is 2.25. The van der Waals surface area contributed by atoms with Gasteiger partial charge >= 0.3 is 6.18 Å². The van der Waals surface area contributed by atoms with Crippen molar-refractivity contribution in [3.63, 3.8) is 0 Å². The van der Waals surface area contributed by atoms with E-state index in [0.29, 0.717) is 6.07 Å². The Morgan fingerprint density at radius 2 is 1.86 bits per heavy atom. The molecule has 1 rings (SSSR count). The zero-order valence-electron chi connectivity index (χ0n) is 6.27. The molecule has 0 aromatic carbocycles. The van der Waals surface area contributed by atoms with Crippen molar-refractivity contribution < 1.29 is 18.0 Å². The number of nitrogens with zero attached hydrogens (tertiary/aromatic N) is 2. The van der Waals surface area contributed by atoms with Crippen molar-refractivity contribution in [2.24, 2.45) is 0 Å². The highest BCUT2D eigenvalue weighted by atomic mass is 35.5. The van der Waals surface area contributed by atoms with Crippen LogP contribution in [0.3, 0.4) is 0 Å². The second-order valence-corrected chi connectivity index (χ2v) is 2.94. The number of carbonyl (C=O) groups excluding carboxylic acids is 1. The average molecular weight is 245 g/mol. The van der Waals surface area contributed by atoms with Gasteiger partial charge in [0.1, 0.15) is 0 Å². The van der Waals surface area contributed by atoms with Crippen LogP contribution < -0.4 is 0 Å². The molecule has 0 aliphatic heterocycles. The van der Waals surface area contributed by atoms with Crippen LogP contribution in [-0.4, -0.2) is 22.2 Å². The Hall–Kier alpha value is -0.880. The largest absolute Gasteiger partial charge is 0.454 e. The monoisotopic (exact) mass is 244 g/mol. The maximum absolute atomic E-state index is 11.9. The Labute approximate surface area is 85.8 Å². The SMILES string of the molecule is O=C(c1cc(Cl)nnc1Cl)C(F)(F)F. The molecule has 1 heterocycles. The molecule has 76 valence electrons. The highest BCUT2D eigenvalue weighted by molar-refractivity contribution is 6.34. The van der Waals surface area contributed by atoms with Crippen LogP contribution in [0.1, 0.15) is 10.4 Å². The van der Waals surface area contributed by atoms with Gasteiger partial charge in [0, 0.05) is 0 Å². The maximum Gasteiger partial charge on any atom is 0.454 e. The molecule has 0 bridgehead atoms. The first-order valence-electron chi connectivity index (χ1n) is 3.12. The number of aromatic nitrogens is 2.